The van der Waals surface area contributed by atoms with Crippen LogP contribution in [0.25, 0.3) is 0 Å². The number of nitrogens with zero attached hydrogens (tertiary/aromatic N) is 1. The van der Waals surface area contributed by atoms with Crippen molar-refractivity contribution in [1.82, 2.24) is 4.98 Å². The molecular formula is C18H23NO2. The maximum absolute atomic E-state index is 9.45. The number of benzene rings is 1. The van der Waals surface area contributed by atoms with Crippen molar-refractivity contribution in [2.24, 2.45) is 0 Å². The van der Waals surface area contributed by atoms with E-state index in [0.717, 1.165) is 17.7 Å². The molecule has 112 valence electrons. The number of aliphatic hydroxyl groups excluding tert-OH is 1. The average Bonchev–Trinajstić information content (AvgIpc) is 2.48. The zero-order chi connectivity index (χ0) is 15.5. The van der Waals surface area contributed by atoms with Gasteiger partial charge in [0.25, 0.3) is 0 Å². The summed E-state index contributed by atoms with van der Waals surface area (Å²) < 4.78 is 5.72. The molecule has 1 aromatic carbocycles. The lowest BCUT2D eigenvalue weighted by molar-refractivity contribution is 0.198. The SMILES string of the molecule is CCC(C)(C)c1ccc(Oc2ccc([C@@H](C)O)cn2)cc1. The topological polar surface area (TPSA) is 42.4 Å². The van der Waals surface area contributed by atoms with E-state index in [1.807, 2.05) is 18.2 Å². The molecule has 1 atom stereocenters. The molecule has 3 heteroatoms. The largest absolute Gasteiger partial charge is 0.439 e. The van der Waals surface area contributed by atoms with Crippen LogP contribution in [0.5, 0.6) is 11.6 Å². The first-order valence-electron chi connectivity index (χ1n) is 7.35. The van der Waals surface area contributed by atoms with Crippen LogP contribution < -0.4 is 4.74 Å². The van der Waals surface area contributed by atoms with Gasteiger partial charge in [-0.1, -0.05) is 32.9 Å². The lowest BCUT2D eigenvalue weighted by atomic mass is 9.82. The van der Waals surface area contributed by atoms with Crippen molar-refractivity contribution in [3.8, 4) is 11.6 Å². The van der Waals surface area contributed by atoms with Gasteiger partial charge in [-0.3, -0.25) is 0 Å². The Kier molecular flexibility index (Phi) is 4.63. The quantitative estimate of drug-likeness (QED) is 0.872. The molecule has 21 heavy (non-hydrogen) atoms. The fourth-order valence-electron chi connectivity index (χ4n) is 2.00. The number of aromatic nitrogens is 1. The Morgan fingerprint density at radius 3 is 2.29 bits per heavy atom. The highest BCUT2D eigenvalue weighted by Gasteiger charge is 2.17. The van der Waals surface area contributed by atoms with Crippen LogP contribution in [0, 0.1) is 0 Å². The van der Waals surface area contributed by atoms with E-state index in [9.17, 15) is 5.11 Å². The van der Waals surface area contributed by atoms with Crippen LogP contribution in [0.2, 0.25) is 0 Å². The molecule has 3 nitrogen and oxygen atoms in total. The average molecular weight is 285 g/mol. The number of rotatable bonds is 5. The molecule has 0 saturated carbocycles. The van der Waals surface area contributed by atoms with Gasteiger partial charge < -0.3 is 9.84 Å². The van der Waals surface area contributed by atoms with E-state index in [1.165, 1.54) is 5.56 Å². The normalized spacial score (nSPS) is 13.0. The van der Waals surface area contributed by atoms with Gasteiger partial charge in [-0.25, -0.2) is 4.98 Å². The highest BCUT2D eigenvalue weighted by atomic mass is 16.5. The lowest BCUT2D eigenvalue weighted by Crippen LogP contribution is -2.14. The fourth-order valence-corrected chi connectivity index (χ4v) is 2.00. The zero-order valence-corrected chi connectivity index (χ0v) is 13.1. The molecule has 0 unspecified atom stereocenters. The van der Waals surface area contributed by atoms with Crippen molar-refractivity contribution < 1.29 is 9.84 Å². The molecule has 0 fully saturated rings. The molecule has 2 aromatic rings. The Balaban J connectivity index is 2.10. The standard InChI is InChI=1S/C18H23NO2/c1-5-18(3,4)15-7-9-16(10-8-15)21-17-11-6-14(12-19-17)13(2)20/h6-13,20H,5H2,1-4H3/t13-/m1/s1. The van der Waals surface area contributed by atoms with E-state index in [4.69, 9.17) is 4.74 Å². The molecule has 0 radical (unpaired) electrons. The van der Waals surface area contributed by atoms with Gasteiger partial charge in [-0.05, 0) is 48.1 Å². The highest BCUT2D eigenvalue weighted by Crippen LogP contribution is 2.29. The first kappa shape index (κ1) is 15.5. The Labute approximate surface area is 126 Å². The summed E-state index contributed by atoms with van der Waals surface area (Å²) in [5.41, 5.74) is 2.26. The molecule has 1 N–H and O–H groups in total. The first-order chi connectivity index (χ1) is 9.92. The summed E-state index contributed by atoms with van der Waals surface area (Å²) in [6, 6.07) is 11.7. The van der Waals surface area contributed by atoms with Crippen molar-refractivity contribution in [2.45, 2.75) is 45.6 Å². The molecule has 0 saturated heterocycles. The second kappa shape index (κ2) is 6.27. The minimum atomic E-state index is -0.512. The summed E-state index contributed by atoms with van der Waals surface area (Å²) in [4.78, 5) is 4.20. The van der Waals surface area contributed by atoms with Crippen molar-refractivity contribution >= 4 is 0 Å². The Bertz CT molecular complexity index is 571. The summed E-state index contributed by atoms with van der Waals surface area (Å²) in [6.45, 7) is 8.38. The van der Waals surface area contributed by atoms with Gasteiger partial charge in [0.1, 0.15) is 5.75 Å². The third kappa shape index (κ3) is 3.82. The first-order valence-corrected chi connectivity index (χ1v) is 7.35. The Morgan fingerprint density at radius 1 is 1.14 bits per heavy atom. The van der Waals surface area contributed by atoms with Crippen LogP contribution in [0.1, 0.15) is 51.3 Å². The van der Waals surface area contributed by atoms with Crippen molar-refractivity contribution in [2.75, 3.05) is 0 Å². The molecule has 1 heterocycles. The number of ether oxygens (including phenoxy) is 1. The van der Waals surface area contributed by atoms with E-state index in [1.54, 1.807) is 19.2 Å². The number of aliphatic hydroxyl groups is 1. The van der Waals surface area contributed by atoms with Crippen molar-refractivity contribution in [3.05, 3.63) is 53.7 Å². The van der Waals surface area contributed by atoms with Crippen molar-refractivity contribution in [1.29, 1.82) is 0 Å². The van der Waals surface area contributed by atoms with Crippen LogP contribution >= 0.6 is 0 Å². The maximum atomic E-state index is 9.45. The molecule has 0 aliphatic carbocycles. The number of pyridine rings is 1. The van der Waals surface area contributed by atoms with Gasteiger partial charge >= 0.3 is 0 Å². The minimum absolute atomic E-state index is 0.176. The van der Waals surface area contributed by atoms with Gasteiger partial charge in [0.05, 0.1) is 6.10 Å². The van der Waals surface area contributed by atoms with Gasteiger partial charge in [-0.15, -0.1) is 0 Å². The monoisotopic (exact) mass is 285 g/mol. The van der Waals surface area contributed by atoms with E-state index >= 15 is 0 Å². The van der Waals surface area contributed by atoms with Gasteiger partial charge in [-0.2, -0.15) is 0 Å². The Morgan fingerprint density at radius 2 is 1.81 bits per heavy atom. The van der Waals surface area contributed by atoms with Crippen molar-refractivity contribution in [3.63, 3.8) is 0 Å². The summed E-state index contributed by atoms with van der Waals surface area (Å²) in [7, 11) is 0. The third-order valence-electron chi connectivity index (χ3n) is 3.98. The van der Waals surface area contributed by atoms with E-state index in [-0.39, 0.29) is 5.41 Å². The third-order valence-corrected chi connectivity index (χ3v) is 3.98. The van der Waals surface area contributed by atoms with Gasteiger partial charge in [0.2, 0.25) is 5.88 Å². The fraction of sp³-hybridized carbons (Fsp3) is 0.389. The van der Waals surface area contributed by atoms with Gasteiger partial charge in [0, 0.05) is 12.3 Å². The molecular weight excluding hydrogens is 262 g/mol. The summed E-state index contributed by atoms with van der Waals surface area (Å²) in [5, 5.41) is 9.45. The maximum Gasteiger partial charge on any atom is 0.219 e. The second-order valence-corrected chi connectivity index (χ2v) is 5.97. The van der Waals surface area contributed by atoms with Crippen LogP contribution in [0.15, 0.2) is 42.6 Å². The zero-order valence-electron chi connectivity index (χ0n) is 13.1. The van der Waals surface area contributed by atoms with E-state index in [0.29, 0.717) is 5.88 Å². The summed E-state index contributed by atoms with van der Waals surface area (Å²) in [6.07, 6.45) is 2.21. The van der Waals surface area contributed by atoms with Crippen LogP contribution in [-0.2, 0) is 5.41 Å². The molecule has 2 rings (SSSR count). The minimum Gasteiger partial charge on any atom is -0.439 e. The smallest absolute Gasteiger partial charge is 0.219 e. The molecule has 0 amide bonds. The molecule has 0 aliphatic heterocycles. The Hall–Kier alpha value is -1.87. The summed E-state index contributed by atoms with van der Waals surface area (Å²) >= 11 is 0. The number of hydrogen-bond acceptors (Lipinski definition) is 3. The van der Waals surface area contributed by atoms with Crippen LogP contribution in [-0.4, -0.2) is 10.1 Å². The lowest BCUT2D eigenvalue weighted by Gasteiger charge is -2.23. The van der Waals surface area contributed by atoms with Crippen LogP contribution in [0.3, 0.4) is 0 Å². The highest BCUT2D eigenvalue weighted by molar-refractivity contribution is 5.34. The van der Waals surface area contributed by atoms with E-state index in [2.05, 4.69) is 37.9 Å². The van der Waals surface area contributed by atoms with Gasteiger partial charge in [0.15, 0.2) is 0 Å². The summed E-state index contributed by atoms with van der Waals surface area (Å²) in [5.74, 6) is 1.30. The number of hydrogen-bond donors (Lipinski definition) is 1. The second-order valence-electron chi connectivity index (χ2n) is 5.97. The molecule has 0 bridgehead atoms. The van der Waals surface area contributed by atoms with E-state index < -0.39 is 6.10 Å². The van der Waals surface area contributed by atoms with Crippen LogP contribution in [0.4, 0.5) is 0 Å². The molecule has 0 spiro atoms. The predicted octanol–water partition coefficient (Wildman–Crippen LogP) is 4.61. The predicted molar refractivity (Wildman–Crippen MR) is 84.7 cm³/mol. The molecule has 1 aromatic heterocycles. The molecule has 0 aliphatic rings.